The monoisotopic (exact) mass is 583 g/mol. The van der Waals surface area contributed by atoms with Gasteiger partial charge in [-0.1, -0.05) is 0 Å². The zero-order valence-corrected chi connectivity index (χ0v) is 23.4. The number of amides is 4. The smallest absolute Gasteiger partial charge is 0.333 e. The Kier molecular flexibility index (Phi) is 8.17. The second kappa shape index (κ2) is 11.8. The summed E-state index contributed by atoms with van der Waals surface area (Å²) in [6.45, 7) is 6.69. The van der Waals surface area contributed by atoms with E-state index in [0.717, 1.165) is 66.2 Å². The Morgan fingerprint density at radius 3 is 2.42 bits per heavy atom. The van der Waals surface area contributed by atoms with Gasteiger partial charge in [0, 0.05) is 48.0 Å². The maximum atomic E-state index is 13.2. The van der Waals surface area contributed by atoms with E-state index >= 15 is 0 Å². The lowest BCUT2D eigenvalue weighted by Gasteiger charge is -2.28. The molecule has 210 valence electrons. The summed E-state index contributed by atoms with van der Waals surface area (Å²) in [6.07, 6.45) is 0.0719. The fraction of sp³-hybridized carbons (Fsp3) is 0.296. The van der Waals surface area contributed by atoms with Crippen molar-refractivity contribution < 1.29 is 27.5 Å². The average Bonchev–Trinajstić information content (AvgIpc) is 3.37. The van der Waals surface area contributed by atoms with Crippen LogP contribution in [0.1, 0.15) is 20.8 Å². The molecule has 5 rings (SSSR count). The highest BCUT2D eigenvalue weighted by molar-refractivity contribution is 7.92. The van der Waals surface area contributed by atoms with Crippen molar-refractivity contribution in [2.45, 2.75) is 17.6 Å². The maximum Gasteiger partial charge on any atom is 0.333 e. The van der Waals surface area contributed by atoms with Gasteiger partial charge < -0.3 is 15.4 Å². The van der Waals surface area contributed by atoms with Gasteiger partial charge in [0.05, 0.1) is 25.3 Å². The summed E-state index contributed by atoms with van der Waals surface area (Å²) in [5, 5.41) is 5.82. The molecule has 0 aliphatic carbocycles. The fourth-order valence-corrected chi connectivity index (χ4v) is 6.75. The van der Waals surface area contributed by atoms with Gasteiger partial charge in [-0.05, 0) is 67.1 Å². The largest absolute Gasteiger partial charge is 0.384 e. The molecule has 3 heterocycles. The van der Waals surface area contributed by atoms with E-state index in [2.05, 4.69) is 15.5 Å². The molecule has 0 atom stereocenters. The van der Waals surface area contributed by atoms with Gasteiger partial charge in [-0.3, -0.25) is 14.5 Å². The molecule has 13 heteroatoms. The van der Waals surface area contributed by atoms with Crippen LogP contribution in [-0.2, 0) is 26.0 Å². The Balaban J connectivity index is 1.20. The minimum absolute atomic E-state index is 0.0359. The topological polar surface area (TPSA) is 137 Å². The van der Waals surface area contributed by atoms with Gasteiger partial charge >= 0.3 is 6.03 Å². The van der Waals surface area contributed by atoms with Crippen LogP contribution >= 0.6 is 11.3 Å². The van der Waals surface area contributed by atoms with E-state index in [-0.39, 0.29) is 16.5 Å². The molecule has 0 unspecified atom stereocenters. The number of nitrogens with zero attached hydrogens (tertiary/aromatic N) is 2. The summed E-state index contributed by atoms with van der Waals surface area (Å²) in [5.41, 5.74) is 2.62. The van der Waals surface area contributed by atoms with Gasteiger partial charge in [0.25, 0.3) is 15.9 Å². The summed E-state index contributed by atoms with van der Waals surface area (Å²) in [6, 6.07) is 13.6. The first kappa shape index (κ1) is 27.8. The third-order valence-corrected chi connectivity index (χ3v) is 9.41. The van der Waals surface area contributed by atoms with Crippen LogP contribution in [0.15, 0.2) is 58.8 Å². The van der Waals surface area contributed by atoms with Crippen LogP contribution in [0.5, 0.6) is 0 Å². The third kappa shape index (κ3) is 6.33. The molecule has 0 saturated carbocycles. The van der Waals surface area contributed by atoms with Gasteiger partial charge in [-0.25, -0.2) is 22.8 Å². The number of imide groups is 1. The lowest BCUT2D eigenvalue weighted by atomic mass is 9.97. The van der Waals surface area contributed by atoms with Crippen LogP contribution < -0.4 is 20.3 Å². The molecule has 1 fully saturated rings. The SMILES string of the molecule is Cc1ccc(S(=O)(=O)NC(=O)Nc2ccc(N3C(=O)Cc4cc(NCCN5CCOCC5)ccc4C3=O)cc2)s1. The number of anilines is 3. The number of hydrogen-bond acceptors (Lipinski definition) is 9. The second-order valence-electron chi connectivity index (χ2n) is 9.44. The number of carbonyl (C=O) groups is 3. The molecule has 0 spiro atoms. The number of thiophene rings is 1. The van der Waals surface area contributed by atoms with Crippen LogP contribution in [0.25, 0.3) is 0 Å². The number of morpholine rings is 1. The first-order valence-corrected chi connectivity index (χ1v) is 15.0. The van der Waals surface area contributed by atoms with Crippen LogP contribution in [0.2, 0.25) is 0 Å². The number of hydrogen-bond donors (Lipinski definition) is 3. The van der Waals surface area contributed by atoms with E-state index in [1.165, 1.54) is 30.3 Å². The number of fused-ring (bicyclic) bond motifs is 1. The third-order valence-electron chi connectivity index (χ3n) is 6.58. The molecule has 11 nitrogen and oxygen atoms in total. The number of aryl methyl sites for hydroxylation is 1. The van der Waals surface area contributed by atoms with E-state index in [4.69, 9.17) is 4.74 Å². The average molecular weight is 584 g/mol. The molecule has 4 amide bonds. The normalized spacial score (nSPS) is 16.0. The van der Waals surface area contributed by atoms with Gasteiger partial charge in [-0.2, -0.15) is 0 Å². The fourth-order valence-electron chi connectivity index (χ4n) is 4.56. The van der Waals surface area contributed by atoms with E-state index in [1.807, 2.05) is 16.9 Å². The standard InChI is InChI=1S/C27H29N5O6S2/c1-18-2-9-25(39-18)40(36,37)30-27(35)29-20-3-6-22(7-4-20)32-24(33)17-19-16-21(5-8-23(19)26(32)34)28-10-11-31-12-14-38-15-13-31/h2-9,16,28H,10-15,17H2,1H3,(H2,29,30,35). The Bertz CT molecular complexity index is 1530. The zero-order chi connectivity index (χ0) is 28.3. The first-order valence-electron chi connectivity index (χ1n) is 12.7. The number of ether oxygens (including phenoxy) is 1. The second-order valence-corrected chi connectivity index (χ2v) is 12.6. The molecular formula is C27H29N5O6S2. The van der Waals surface area contributed by atoms with Crippen molar-refractivity contribution in [3.8, 4) is 0 Å². The summed E-state index contributed by atoms with van der Waals surface area (Å²) in [5.74, 6) is -0.791. The van der Waals surface area contributed by atoms with Crippen LogP contribution in [0.3, 0.4) is 0 Å². The summed E-state index contributed by atoms with van der Waals surface area (Å²) in [7, 11) is -3.99. The Hall–Kier alpha value is -3.78. The number of urea groups is 1. The molecule has 0 bridgehead atoms. The van der Waals surface area contributed by atoms with E-state index in [0.29, 0.717) is 22.5 Å². The van der Waals surface area contributed by atoms with Crippen molar-refractivity contribution in [1.29, 1.82) is 0 Å². The van der Waals surface area contributed by atoms with Crippen molar-refractivity contribution in [2.75, 3.05) is 54.9 Å². The molecule has 1 aromatic heterocycles. The lowest BCUT2D eigenvalue weighted by Crippen LogP contribution is -2.42. The molecule has 3 aromatic rings. The number of rotatable bonds is 8. The summed E-state index contributed by atoms with van der Waals surface area (Å²) in [4.78, 5) is 42.7. The van der Waals surface area contributed by atoms with Crippen molar-refractivity contribution in [1.82, 2.24) is 9.62 Å². The van der Waals surface area contributed by atoms with Crippen molar-refractivity contribution in [3.63, 3.8) is 0 Å². The van der Waals surface area contributed by atoms with Crippen LogP contribution in [0.4, 0.5) is 21.9 Å². The van der Waals surface area contributed by atoms with Crippen LogP contribution in [-0.4, -0.2) is 70.6 Å². The Morgan fingerprint density at radius 2 is 1.73 bits per heavy atom. The van der Waals surface area contributed by atoms with Gasteiger partial charge in [0.2, 0.25) is 5.91 Å². The minimum Gasteiger partial charge on any atom is -0.384 e. The molecule has 0 radical (unpaired) electrons. The first-order chi connectivity index (χ1) is 19.2. The number of nitrogens with one attached hydrogen (secondary N) is 3. The Labute approximate surface area is 236 Å². The molecule has 2 aliphatic heterocycles. The van der Waals surface area contributed by atoms with Crippen molar-refractivity contribution >= 4 is 56.3 Å². The lowest BCUT2D eigenvalue weighted by molar-refractivity contribution is -0.117. The molecule has 40 heavy (non-hydrogen) atoms. The predicted octanol–water partition coefficient (Wildman–Crippen LogP) is 3.04. The van der Waals surface area contributed by atoms with Gasteiger partial charge in [0.1, 0.15) is 4.21 Å². The minimum atomic E-state index is -3.99. The highest BCUT2D eigenvalue weighted by Gasteiger charge is 2.32. The molecule has 3 N–H and O–H groups in total. The van der Waals surface area contributed by atoms with E-state index < -0.39 is 22.0 Å². The summed E-state index contributed by atoms with van der Waals surface area (Å²) >= 11 is 1.06. The predicted molar refractivity (Wildman–Crippen MR) is 153 cm³/mol. The van der Waals surface area contributed by atoms with Gasteiger partial charge in [0.15, 0.2) is 0 Å². The number of benzene rings is 2. The molecule has 2 aliphatic rings. The Morgan fingerprint density at radius 1 is 1.00 bits per heavy atom. The number of carbonyl (C=O) groups excluding carboxylic acids is 3. The van der Waals surface area contributed by atoms with E-state index in [9.17, 15) is 22.8 Å². The van der Waals surface area contributed by atoms with Crippen molar-refractivity contribution in [2.24, 2.45) is 0 Å². The zero-order valence-electron chi connectivity index (χ0n) is 21.8. The highest BCUT2D eigenvalue weighted by atomic mass is 32.2. The highest BCUT2D eigenvalue weighted by Crippen LogP contribution is 2.28. The van der Waals surface area contributed by atoms with Crippen molar-refractivity contribution in [3.05, 3.63) is 70.6 Å². The maximum absolute atomic E-state index is 13.2. The molecule has 1 saturated heterocycles. The summed E-state index contributed by atoms with van der Waals surface area (Å²) < 4.78 is 32.1. The van der Waals surface area contributed by atoms with E-state index in [1.54, 1.807) is 19.1 Å². The van der Waals surface area contributed by atoms with Crippen LogP contribution in [0, 0.1) is 6.92 Å². The quantitative estimate of drug-likeness (QED) is 0.344. The molecular weight excluding hydrogens is 554 g/mol. The number of sulfonamides is 1. The van der Waals surface area contributed by atoms with Gasteiger partial charge in [-0.15, -0.1) is 11.3 Å². The molecule has 2 aromatic carbocycles.